The van der Waals surface area contributed by atoms with Gasteiger partial charge in [-0.15, -0.1) is 12.4 Å². The van der Waals surface area contributed by atoms with Gasteiger partial charge in [-0.05, 0) is 18.2 Å². The Balaban J connectivity index is 0.00000225. The Hall–Kier alpha value is -1.14. The molecule has 1 aromatic rings. The molecule has 0 aromatic heterocycles. The summed E-state index contributed by atoms with van der Waals surface area (Å²) in [6, 6.07) is 1.31. The number of nitrogens with two attached hydrogens (primary N) is 1. The molecule has 0 saturated carbocycles. The number of benzene rings is 1. The predicted molar refractivity (Wildman–Crippen MR) is 54.9 cm³/mol. The van der Waals surface area contributed by atoms with Crippen LogP contribution in [0.5, 0.6) is 11.5 Å². The second-order valence-corrected chi connectivity index (χ2v) is 2.94. The third-order valence-corrected chi connectivity index (χ3v) is 1.92. The quantitative estimate of drug-likeness (QED) is 0.855. The van der Waals surface area contributed by atoms with Gasteiger partial charge in [0.05, 0.1) is 7.11 Å². The van der Waals surface area contributed by atoms with Gasteiger partial charge < -0.3 is 15.6 Å². The first kappa shape index (κ1) is 14.9. The van der Waals surface area contributed by atoms with Crippen LogP contribution in [-0.2, 0) is 0 Å². The van der Waals surface area contributed by atoms with Crippen molar-refractivity contribution >= 4 is 12.4 Å². The highest BCUT2D eigenvalue weighted by molar-refractivity contribution is 5.85. The van der Waals surface area contributed by atoms with Gasteiger partial charge in [-0.2, -0.15) is 13.2 Å². The minimum absolute atomic E-state index is 0. The molecule has 0 heterocycles. The first-order valence-corrected chi connectivity index (χ1v) is 4.05. The average Bonchev–Trinajstić information content (AvgIpc) is 2.16. The Morgan fingerprint density at radius 3 is 2.38 bits per heavy atom. The Morgan fingerprint density at radius 2 is 1.94 bits per heavy atom. The van der Waals surface area contributed by atoms with E-state index < -0.39 is 23.5 Å². The van der Waals surface area contributed by atoms with Crippen molar-refractivity contribution in [1.29, 1.82) is 0 Å². The van der Waals surface area contributed by atoms with Crippen LogP contribution < -0.4 is 10.5 Å². The third kappa shape index (κ3) is 3.18. The van der Waals surface area contributed by atoms with Crippen molar-refractivity contribution in [3.8, 4) is 11.5 Å². The fourth-order valence-electron chi connectivity index (χ4n) is 1.09. The molecule has 0 amide bonds. The molecule has 1 aromatic carbocycles. The molecule has 0 saturated heterocycles. The highest BCUT2D eigenvalue weighted by atomic mass is 35.5. The predicted octanol–water partition coefficient (Wildman–Crippen LogP) is 2.38. The molecule has 0 aliphatic rings. The Bertz CT molecular complexity index is 357. The molecule has 7 heteroatoms. The van der Waals surface area contributed by atoms with Crippen LogP contribution in [0.1, 0.15) is 11.6 Å². The highest BCUT2D eigenvalue weighted by Crippen LogP contribution is 2.36. The lowest BCUT2D eigenvalue weighted by Gasteiger charge is -2.17. The number of alkyl halides is 3. The first-order valence-electron chi connectivity index (χ1n) is 4.05. The fourth-order valence-corrected chi connectivity index (χ4v) is 1.09. The zero-order valence-corrected chi connectivity index (χ0v) is 9.10. The Kier molecular flexibility index (Phi) is 4.89. The first-order chi connectivity index (χ1) is 6.86. The van der Waals surface area contributed by atoms with E-state index in [4.69, 9.17) is 10.5 Å². The summed E-state index contributed by atoms with van der Waals surface area (Å²) in [7, 11) is 1.31. The van der Waals surface area contributed by atoms with Crippen molar-refractivity contribution in [1.82, 2.24) is 0 Å². The van der Waals surface area contributed by atoms with Gasteiger partial charge in [-0.25, -0.2) is 0 Å². The molecule has 0 fully saturated rings. The number of phenols is 1. The number of methoxy groups -OCH3 is 1. The van der Waals surface area contributed by atoms with Gasteiger partial charge >= 0.3 is 6.18 Å². The van der Waals surface area contributed by atoms with E-state index in [2.05, 4.69) is 0 Å². The minimum Gasteiger partial charge on any atom is -0.508 e. The summed E-state index contributed by atoms with van der Waals surface area (Å²) in [6.45, 7) is 0. The maximum absolute atomic E-state index is 12.3. The van der Waals surface area contributed by atoms with Crippen molar-refractivity contribution in [2.45, 2.75) is 12.2 Å². The molecule has 3 nitrogen and oxygen atoms in total. The summed E-state index contributed by atoms with van der Waals surface area (Å²) in [5.74, 6) is -0.289. The van der Waals surface area contributed by atoms with E-state index in [0.29, 0.717) is 0 Å². The number of ether oxygens (including phenoxy) is 1. The zero-order valence-electron chi connectivity index (χ0n) is 8.28. The lowest BCUT2D eigenvalue weighted by molar-refractivity contribution is -0.149. The molecule has 16 heavy (non-hydrogen) atoms. The molecule has 0 unspecified atom stereocenters. The van der Waals surface area contributed by atoms with Gasteiger partial charge in [0, 0.05) is 5.56 Å². The van der Waals surface area contributed by atoms with Crippen LogP contribution >= 0.6 is 12.4 Å². The van der Waals surface area contributed by atoms with Gasteiger partial charge in [0.15, 0.2) is 0 Å². The van der Waals surface area contributed by atoms with E-state index in [1.54, 1.807) is 0 Å². The van der Waals surface area contributed by atoms with Crippen LogP contribution in [0.3, 0.4) is 0 Å². The number of phenolic OH excluding ortho intramolecular Hbond substituents is 1. The lowest BCUT2D eigenvalue weighted by atomic mass is 10.1. The molecule has 92 valence electrons. The van der Waals surface area contributed by atoms with Crippen LogP contribution in [0.4, 0.5) is 13.2 Å². The van der Waals surface area contributed by atoms with Gasteiger partial charge in [0.25, 0.3) is 0 Å². The van der Waals surface area contributed by atoms with E-state index in [-0.39, 0.29) is 18.2 Å². The Labute approximate surface area is 96.4 Å². The molecule has 0 aliphatic carbocycles. The molecule has 1 atom stereocenters. The maximum Gasteiger partial charge on any atom is 0.407 e. The van der Waals surface area contributed by atoms with Crippen molar-refractivity contribution < 1.29 is 23.0 Å². The third-order valence-electron chi connectivity index (χ3n) is 1.92. The van der Waals surface area contributed by atoms with Gasteiger partial charge in [0.1, 0.15) is 17.5 Å². The SMILES string of the molecule is COc1ccc(O)c([C@@H](N)C(F)(F)F)c1.Cl. The number of aromatic hydroxyl groups is 1. The molecule has 3 N–H and O–H groups in total. The fraction of sp³-hybridized carbons (Fsp3) is 0.333. The summed E-state index contributed by atoms with van der Waals surface area (Å²) in [6.07, 6.45) is -4.59. The topological polar surface area (TPSA) is 55.5 Å². The molecule has 0 radical (unpaired) electrons. The monoisotopic (exact) mass is 257 g/mol. The van der Waals surface area contributed by atoms with Gasteiger partial charge in [0.2, 0.25) is 0 Å². The van der Waals surface area contributed by atoms with E-state index in [0.717, 1.165) is 12.1 Å². The zero-order chi connectivity index (χ0) is 11.6. The van der Waals surface area contributed by atoms with Crippen LogP contribution in [0.25, 0.3) is 0 Å². The van der Waals surface area contributed by atoms with Crippen LogP contribution in [0.2, 0.25) is 0 Å². The molecule has 1 rings (SSSR count). The number of hydrogen-bond acceptors (Lipinski definition) is 3. The van der Waals surface area contributed by atoms with Crippen molar-refractivity contribution in [3.63, 3.8) is 0 Å². The summed E-state index contributed by atoms with van der Waals surface area (Å²) in [5, 5.41) is 9.23. The second-order valence-electron chi connectivity index (χ2n) is 2.94. The van der Waals surface area contributed by atoms with E-state index in [9.17, 15) is 18.3 Å². The van der Waals surface area contributed by atoms with Crippen molar-refractivity contribution in [2.75, 3.05) is 7.11 Å². The molecule has 0 aliphatic heterocycles. The van der Waals surface area contributed by atoms with Gasteiger partial charge in [-0.1, -0.05) is 0 Å². The lowest BCUT2D eigenvalue weighted by Crippen LogP contribution is -2.28. The smallest absolute Gasteiger partial charge is 0.407 e. The second kappa shape index (κ2) is 5.27. The Morgan fingerprint density at radius 1 is 1.38 bits per heavy atom. The van der Waals surface area contributed by atoms with Crippen molar-refractivity contribution in [3.05, 3.63) is 23.8 Å². The van der Waals surface area contributed by atoms with Crippen LogP contribution in [-0.4, -0.2) is 18.4 Å². The molecule has 0 bridgehead atoms. The number of halogens is 4. The van der Waals surface area contributed by atoms with E-state index in [1.165, 1.54) is 13.2 Å². The number of rotatable bonds is 2. The molecular formula is C9H11ClF3NO2. The van der Waals surface area contributed by atoms with Crippen LogP contribution in [0, 0.1) is 0 Å². The highest BCUT2D eigenvalue weighted by Gasteiger charge is 2.39. The average molecular weight is 258 g/mol. The maximum atomic E-state index is 12.3. The van der Waals surface area contributed by atoms with Gasteiger partial charge in [-0.3, -0.25) is 0 Å². The standard InChI is InChI=1S/C9H10F3NO2.ClH/c1-15-5-2-3-7(14)6(4-5)8(13)9(10,11)12;/h2-4,8,14H,13H2,1H3;1H/t8-;/m1./s1. The van der Waals surface area contributed by atoms with Crippen molar-refractivity contribution in [2.24, 2.45) is 5.73 Å². The summed E-state index contributed by atoms with van der Waals surface area (Å²) in [5.41, 5.74) is 4.55. The summed E-state index contributed by atoms with van der Waals surface area (Å²) in [4.78, 5) is 0. The normalized spacial score (nSPS) is 12.8. The molecular weight excluding hydrogens is 247 g/mol. The minimum atomic E-state index is -4.59. The molecule has 0 spiro atoms. The largest absolute Gasteiger partial charge is 0.508 e. The van der Waals surface area contributed by atoms with E-state index >= 15 is 0 Å². The van der Waals surface area contributed by atoms with E-state index in [1.807, 2.05) is 0 Å². The number of hydrogen-bond donors (Lipinski definition) is 2. The van der Waals surface area contributed by atoms with Crippen LogP contribution in [0.15, 0.2) is 18.2 Å². The summed E-state index contributed by atoms with van der Waals surface area (Å²) >= 11 is 0. The summed E-state index contributed by atoms with van der Waals surface area (Å²) < 4.78 is 41.6.